The topological polar surface area (TPSA) is 74.7 Å². The fourth-order valence-corrected chi connectivity index (χ4v) is 1.37. The third kappa shape index (κ3) is 2.78. The van der Waals surface area contributed by atoms with E-state index in [2.05, 4.69) is 9.97 Å². The van der Waals surface area contributed by atoms with E-state index in [-0.39, 0.29) is 11.6 Å². The van der Waals surface area contributed by atoms with Crippen molar-refractivity contribution in [2.45, 2.75) is 25.8 Å². The van der Waals surface area contributed by atoms with Crippen LogP contribution in [0.2, 0.25) is 0 Å². The Hall–Kier alpha value is -0.940. The Morgan fingerprint density at radius 3 is 2.85 bits per heavy atom. The maximum Gasteiger partial charge on any atom is 0.251 e. The fraction of sp³-hybridized carbons (Fsp3) is 0.500. The van der Waals surface area contributed by atoms with E-state index < -0.39 is 0 Å². The zero-order valence-corrected chi connectivity index (χ0v) is 8.28. The molecule has 1 heterocycles. The van der Waals surface area contributed by atoms with Crippen LogP contribution in [0.25, 0.3) is 0 Å². The molecule has 0 aliphatic heterocycles. The molecule has 0 amide bonds. The highest BCUT2D eigenvalue weighted by atomic mass is 32.1. The van der Waals surface area contributed by atoms with E-state index >= 15 is 0 Å². The normalized spacial score (nSPS) is 12.8. The van der Waals surface area contributed by atoms with Gasteiger partial charge in [0.1, 0.15) is 0 Å². The van der Waals surface area contributed by atoms with Gasteiger partial charge in [0, 0.05) is 17.8 Å². The zero-order chi connectivity index (χ0) is 9.84. The van der Waals surface area contributed by atoms with Crippen LogP contribution in [0.5, 0.6) is 0 Å². The maximum absolute atomic E-state index is 11.0. The van der Waals surface area contributed by atoms with Crippen LogP contribution in [-0.2, 0) is 0 Å². The van der Waals surface area contributed by atoms with Gasteiger partial charge in [-0.15, -0.1) is 0 Å². The molecule has 0 radical (unpaired) electrons. The summed E-state index contributed by atoms with van der Waals surface area (Å²) in [6.07, 6.45) is 1.82. The first-order valence-electron chi connectivity index (χ1n) is 4.22. The molecule has 1 aromatic heterocycles. The Balaban J connectivity index is 3.01. The van der Waals surface area contributed by atoms with Gasteiger partial charge < -0.3 is 10.7 Å². The van der Waals surface area contributed by atoms with E-state index in [4.69, 9.17) is 18.0 Å². The molecule has 13 heavy (non-hydrogen) atoms. The first kappa shape index (κ1) is 10.1. The Labute approximate surface area is 81.2 Å². The Morgan fingerprint density at radius 1 is 1.62 bits per heavy atom. The summed E-state index contributed by atoms with van der Waals surface area (Å²) in [6.45, 7) is 2.04. The number of nitrogens with one attached hydrogen (secondary N) is 2. The third-order valence-corrected chi connectivity index (χ3v) is 1.98. The minimum atomic E-state index is -0.203. The second-order valence-electron chi connectivity index (χ2n) is 2.94. The molecule has 1 aromatic rings. The van der Waals surface area contributed by atoms with Crippen LogP contribution in [0.1, 0.15) is 31.5 Å². The number of H-pyrrole nitrogens is 2. The molecule has 4 N–H and O–H groups in total. The number of hydrogen-bond donors (Lipinski definition) is 3. The van der Waals surface area contributed by atoms with Gasteiger partial charge in [-0.05, 0) is 18.6 Å². The Kier molecular flexibility index (Phi) is 3.39. The van der Waals surface area contributed by atoms with Gasteiger partial charge in [0.05, 0.1) is 0 Å². The second-order valence-corrected chi connectivity index (χ2v) is 3.35. The van der Waals surface area contributed by atoms with Crippen LogP contribution in [0.3, 0.4) is 0 Å². The third-order valence-electron chi connectivity index (χ3n) is 1.78. The van der Waals surface area contributed by atoms with Gasteiger partial charge in [-0.1, -0.05) is 13.3 Å². The molecular weight excluding hydrogens is 186 g/mol. The summed E-state index contributed by atoms with van der Waals surface area (Å²) in [6, 6.07) is 1.32. The van der Waals surface area contributed by atoms with Crippen molar-refractivity contribution in [2.75, 3.05) is 0 Å². The van der Waals surface area contributed by atoms with Crippen molar-refractivity contribution in [3.63, 3.8) is 0 Å². The molecule has 1 unspecified atom stereocenters. The molecule has 0 bridgehead atoms. The lowest BCUT2D eigenvalue weighted by atomic mass is 10.1. The van der Waals surface area contributed by atoms with Crippen molar-refractivity contribution in [1.29, 1.82) is 0 Å². The predicted molar refractivity (Wildman–Crippen MR) is 54.1 cm³/mol. The van der Waals surface area contributed by atoms with E-state index in [1.165, 1.54) is 6.07 Å². The van der Waals surface area contributed by atoms with Crippen molar-refractivity contribution in [3.05, 3.63) is 26.9 Å². The van der Waals surface area contributed by atoms with Crippen molar-refractivity contribution in [2.24, 2.45) is 5.73 Å². The number of aromatic nitrogens is 2. The van der Waals surface area contributed by atoms with Gasteiger partial charge in [0.25, 0.3) is 5.56 Å². The summed E-state index contributed by atoms with van der Waals surface area (Å²) < 4.78 is 0.328. The number of hydrogen-bond acceptors (Lipinski definition) is 3. The van der Waals surface area contributed by atoms with E-state index in [1.54, 1.807) is 0 Å². The first-order valence-corrected chi connectivity index (χ1v) is 4.63. The Bertz CT molecular complexity index is 353. The summed E-state index contributed by atoms with van der Waals surface area (Å²) >= 11 is 4.82. The molecule has 0 saturated heterocycles. The van der Waals surface area contributed by atoms with Gasteiger partial charge in [-0.3, -0.25) is 9.78 Å². The molecule has 5 heteroatoms. The largest absolute Gasteiger partial charge is 0.334 e. The number of rotatable bonds is 3. The van der Waals surface area contributed by atoms with Crippen LogP contribution in [0.4, 0.5) is 0 Å². The van der Waals surface area contributed by atoms with E-state index in [0.717, 1.165) is 12.8 Å². The zero-order valence-electron chi connectivity index (χ0n) is 7.46. The van der Waals surface area contributed by atoms with Crippen LogP contribution in [-0.4, -0.2) is 9.97 Å². The molecule has 0 fully saturated rings. The van der Waals surface area contributed by atoms with Crippen molar-refractivity contribution in [3.8, 4) is 0 Å². The SMILES string of the molecule is CCCC(N)c1cc(=O)[nH]c(=S)[nH]1. The lowest BCUT2D eigenvalue weighted by Crippen LogP contribution is -2.16. The summed E-state index contributed by atoms with van der Waals surface area (Å²) in [4.78, 5) is 16.3. The second kappa shape index (κ2) is 4.34. The van der Waals surface area contributed by atoms with Crippen molar-refractivity contribution < 1.29 is 0 Å². The number of aromatic amines is 2. The lowest BCUT2D eigenvalue weighted by Gasteiger charge is -2.09. The number of nitrogens with two attached hydrogens (primary N) is 1. The molecule has 0 aliphatic carbocycles. The highest BCUT2D eigenvalue weighted by molar-refractivity contribution is 7.71. The molecule has 1 rings (SSSR count). The molecular formula is C8H13N3OS. The standard InChI is InChI=1S/C8H13N3OS/c1-2-3-5(9)6-4-7(12)11-8(13)10-6/h4-5H,2-3,9H2,1H3,(H2,10,11,12,13). The molecule has 0 aliphatic rings. The van der Waals surface area contributed by atoms with Gasteiger partial charge in [-0.2, -0.15) is 0 Å². The van der Waals surface area contributed by atoms with Crippen molar-refractivity contribution >= 4 is 12.2 Å². The summed E-state index contributed by atoms with van der Waals surface area (Å²) in [5.74, 6) is 0. The Morgan fingerprint density at radius 2 is 2.31 bits per heavy atom. The van der Waals surface area contributed by atoms with Crippen LogP contribution >= 0.6 is 12.2 Å². The minimum Gasteiger partial charge on any atom is -0.334 e. The van der Waals surface area contributed by atoms with Gasteiger partial charge >= 0.3 is 0 Å². The quantitative estimate of drug-likeness (QED) is 0.641. The summed E-state index contributed by atoms with van der Waals surface area (Å²) in [5, 5.41) is 0. The van der Waals surface area contributed by atoms with E-state index in [1.807, 2.05) is 6.92 Å². The average molecular weight is 199 g/mol. The van der Waals surface area contributed by atoms with Gasteiger partial charge in [0.2, 0.25) is 0 Å². The van der Waals surface area contributed by atoms with Crippen LogP contribution in [0, 0.1) is 4.77 Å². The van der Waals surface area contributed by atoms with Crippen molar-refractivity contribution in [1.82, 2.24) is 9.97 Å². The van der Waals surface area contributed by atoms with Crippen LogP contribution < -0.4 is 11.3 Å². The maximum atomic E-state index is 11.0. The lowest BCUT2D eigenvalue weighted by molar-refractivity contribution is 0.617. The molecule has 0 saturated carbocycles. The monoisotopic (exact) mass is 199 g/mol. The van der Waals surface area contributed by atoms with E-state index in [9.17, 15) is 4.79 Å². The molecule has 0 spiro atoms. The minimum absolute atomic E-state index is 0.131. The summed E-state index contributed by atoms with van der Waals surface area (Å²) in [5.41, 5.74) is 6.31. The fourth-order valence-electron chi connectivity index (χ4n) is 1.15. The van der Waals surface area contributed by atoms with Crippen LogP contribution in [0.15, 0.2) is 10.9 Å². The molecule has 72 valence electrons. The summed E-state index contributed by atoms with van der Waals surface area (Å²) in [7, 11) is 0. The molecule has 1 atom stereocenters. The highest BCUT2D eigenvalue weighted by Gasteiger charge is 2.05. The average Bonchev–Trinajstić information content (AvgIpc) is 2.03. The smallest absolute Gasteiger partial charge is 0.251 e. The highest BCUT2D eigenvalue weighted by Crippen LogP contribution is 2.10. The first-order chi connectivity index (χ1) is 6.13. The molecule has 0 aromatic carbocycles. The van der Waals surface area contributed by atoms with Gasteiger partial charge in [0.15, 0.2) is 4.77 Å². The van der Waals surface area contributed by atoms with E-state index in [0.29, 0.717) is 10.5 Å². The predicted octanol–water partition coefficient (Wildman–Crippen LogP) is 1.23. The molecule has 4 nitrogen and oxygen atoms in total. The van der Waals surface area contributed by atoms with Gasteiger partial charge in [-0.25, -0.2) is 0 Å².